The van der Waals surface area contributed by atoms with Crippen LogP contribution in [0.1, 0.15) is 23.6 Å². The minimum Gasteiger partial charge on any atom is -0.481 e. The molecule has 0 unspecified atom stereocenters. The molecule has 0 aliphatic rings. The summed E-state index contributed by atoms with van der Waals surface area (Å²) >= 11 is 0. The van der Waals surface area contributed by atoms with Crippen molar-refractivity contribution in [3.05, 3.63) is 87.8 Å². The highest BCUT2D eigenvalue weighted by Crippen LogP contribution is 2.32. The van der Waals surface area contributed by atoms with Crippen LogP contribution in [0.4, 0.5) is 0 Å². The van der Waals surface area contributed by atoms with E-state index in [1.54, 1.807) is 18.4 Å². The van der Waals surface area contributed by atoms with E-state index in [1.807, 2.05) is 49.4 Å². The van der Waals surface area contributed by atoms with E-state index in [0.717, 1.165) is 17.5 Å². The fourth-order valence-electron chi connectivity index (χ4n) is 2.99. The lowest BCUT2D eigenvalue weighted by Gasteiger charge is -2.11. The molecule has 4 nitrogen and oxygen atoms in total. The van der Waals surface area contributed by atoms with Crippen molar-refractivity contribution in [2.45, 2.75) is 26.9 Å². The minimum atomic E-state index is -0.190. The quantitative estimate of drug-likeness (QED) is 0.471. The first-order chi connectivity index (χ1) is 13.2. The number of hydrogen-bond acceptors (Lipinski definition) is 4. The Morgan fingerprint density at radius 2 is 1.78 bits per heavy atom. The fourth-order valence-corrected chi connectivity index (χ4v) is 2.99. The van der Waals surface area contributed by atoms with Gasteiger partial charge in [-0.2, -0.15) is 0 Å². The molecule has 0 saturated carbocycles. The van der Waals surface area contributed by atoms with Crippen LogP contribution in [-0.4, -0.2) is 0 Å². The van der Waals surface area contributed by atoms with E-state index >= 15 is 0 Å². The van der Waals surface area contributed by atoms with Crippen molar-refractivity contribution in [1.29, 1.82) is 0 Å². The maximum absolute atomic E-state index is 13.2. The third-order valence-corrected chi connectivity index (χ3v) is 4.57. The van der Waals surface area contributed by atoms with Crippen molar-refractivity contribution < 1.29 is 13.6 Å². The molecule has 136 valence electrons. The number of furan rings is 1. The van der Waals surface area contributed by atoms with Crippen molar-refractivity contribution in [2.24, 2.45) is 0 Å². The van der Waals surface area contributed by atoms with Crippen LogP contribution >= 0.6 is 0 Å². The van der Waals surface area contributed by atoms with Crippen molar-refractivity contribution in [3.63, 3.8) is 0 Å². The van der Waals surface area contributed by atoms with Gasteiger partial charge in [0.25, 0.3) is 0 Å². The van der Waals surface area contributed by atoms with Gasteiger partial charge in [0, 0.05) is 0 Å². The molecule has 2 aromatic heterocycles. The van der Waals surface area contributed by atoms with Crippen molar-refractivity contribution in [2.75, 3.05) is 0 Å². The molecule has 4 heteroatoms. The summed E-state index contributed by atoms with van der Waals surface area (Å²) in [6, 6.07) is 17.2. The number of ether oxygens (including phenoxy) is 1. The second kappa shape index (κ2) is 7.16. The highest BCUT2D eigenvalue weighted by Gasteiger charge is 2.20. The van der Waals surface area contributed by atoms with Crippen LogP contribution in [0.2, 0.25) is 0 Å². The second-order valence-corrected chi connectivity index (χ2v) is 6.53. The predicted molar refractivity (Wildman–Crippen MR) is 105 cm³/mol. The minimum absolute atomic E-state index is 0.172. The second-order valence-electron chi connectivity index (χ2n) is 6.53. The summed E-state index contributed by atoms with van der Waals surface area (Å²) in [4.78, 5) is 13.2. The maximum atomic E-state index is 13.2. The van der Waals surface area contributed by atoms with Crippen LogP contribution in [0.3, 0.4) is 0 Å². The van der Waals surface area contributed by atoms with Gasteiger partial charge in [-0.3, -0.25) is 4.79 Å². The van der Waals surface area contributed by atoms with Crippen molar-refractivity contribution in [3.8, 4) is 17.3 Å². The molecule has 0 saturated heterocycles. The Bertz CT molecular complexity index is 1120. The highest BCUT2D eigenvalue weighted by molar-refractivity contribution is 5.81. The predicted octanol–water partition coefficient (Wildman–Crippen LogP) is 5.50. The highest BCUT2D eigenvalue weighted by atomic mass is 16.5. The lowest BCUT2D eigenvalue weighted by atomic mass is 10.1. The molecule has 0 N–H and O–H groups in total. The van der Waals surface area contributed by atoms with Crippen LogP contribution in [0, 0.1) is 6.92 Å². The van der Waals surface area contributed by atoms with Gasteiger partial charge in [-0.15, -0.1) is 0 Å². The smallest absolute Gasteiger partial charge is 0.235 e. The van der Waals surface area contributed by atoms with Crippen LogP contribution in [0.25, 0.3) is 22.5 Å². The summed E-state index contributed by atoms with van der Waals surface area (Å²) in [6.07, 6.45) is 2.39. The van der Waals surface area contributed by atoms with Crippen LogP contribution in [0.5, 0.6) is 5.75 Å². The number of fused-ring (bicyclic) bond motifs is 1. The average molecular weight is 360 g/mol. The van der Waals surface area contributed by atoms with Gasteiger partial charge in [0.05, 0.1) is 11.6 Å². The first-order valence-electron chi connectivity index (χ1n) is 8.97. The third-order valence-electron chi connectivity index (χ3n) is 4.57. The Hall–Kier alpha value is -3.27. The molecule has 0 spiro atoms. The molecule has 4 aromatic rings. The topological polar surface area (TPSA) is 52.6 Å². The van der Waals surface area contributed by atoms with E-state index < -0.39 is 0 Å². The fraction of sp³-hybridized carbons (Fsp3) is 0.174. The molecule has 0 aliphatic heterocycles. The van der Waals surface area contributed by atoms with Gasteiger partial charge < -0.3 is 13.6 Å². The molecule has 0 atom stereocenters. The molecule has 4 rings (SSSR count). The first-order valence-corrected chi connectivity index (χ1v) is 8.97. The van der Waals surface area contributed by atoms with E-state index in [1.165, 1.54) is 5.56 Å². The Morgan fingerprint density at radius 1 is 1.00 bits per heavy atom. The number of benzene rings is 2. The summed E-state index contributed by atoms with van der Waals surface area (Å²) in [5, 5.41) is 0.517. The monoisotopic (exact) mass is 360 g/mol. The standard InChI is InChI=1S/C23H20O4/c1-3-16-10-11-19-18(13-16)21(24)23(22(27-19)20-5-4-12-25-20)26-14-17-8-6-15(2)7-9-17/h4-13H,3,14H2,1-2H3. The zero-order chi connectivity index (χ0) is 18.8. The maximum Gasteiger partial charge on any atom is 0.235 e. The number of hydrogen-bond donors (Lipinski definition) is 0. The lowest BCUT2D eigenvalue weighted by Crippen LogP contribution is -2.10. The van der Waals surface area contributed by atoms with Gasteiger partial charge in [-0.1, -0.05) is 42.8 Å². The molecule has 2 heterocycles. The summed E-state index contributed by atoms with van der Waals surface area (Å²) < 4.78 is 17.4. The third kappa shape index (κ3) is 3.38. The SMILES string of the molecule is CCc1ccc2oc(-c3ccco3)c(OCc3ccc(C)cc3)c(=O)c2c1. The number of aryl methyl sites for hydroxylation is 2. The van der Waals surface area contributed by atoms with Gasteiger partial charge >= 0.3 is 0 Å². The molecular weight excluding hydrogens is 340 g/mol. The van der Waals surface area contributed by atoms with E-state index in [-0.39, 0.29) is 17.8 Å². The van der Waals surface area contributed by atoms with Crippen LogP contribution in [0.15, 0.2) is 74.5 Å². The zero-order valence-corrected chi connectivity index (χ0v) is 15.3. The molecule has 27 heavy (non-hydrogen) atoms. The summed E-state index contributed by atoms with van der Waals surface area (Å²) in [5.41, 5.74) is 3.56. The molecule has 0 amide bonds. The Kier molecular flexibility index (Phi) is 4.55. The first kappa shape index (κ1) is 17.2. The average Bonchev–Trinajstić information content (AvgIpc) is 3.23. The number of rotatable bonds is 5. The van der Waals surface area contributed by atoms with E-state index in [0.29, 0.717) is 22.5 Å². The molecule has 0 fully saturated rings. The van der Waals surface area contributed by atoms with Gasteiger partial charge in [0.1, 0.15) is 12.2 Å². The van der Waals surface area contributed by atoms with E-state index in [9.17, 15) is 4.79 Å². The molecular formula is C23H20O4. The molecule has 0 bridgehead atoms. The summed E-state index contributed by atoms with van der Waals surface area (Å²) in [5.74, 6) is 0.951. The Morgan fingerprint density at radius 3 is 2.48 bits per heavy atom. The molecule has 2 aromatic carbocycles. The van der Waals surface area contributed by atoms with Gasteiger partial charge in [-0.25, -0.2) is 0 Å². The van der Waals surface area contributed by atoms with Crippen LogP contribution < -0.4 is 10.2 Å². The Labute approximate surface area is 157 Å². The zero-order valence-electron chi connectivity index (χ0n) is 15.3. The summed E-state index contributed by atoms with van der Waals surface area (Å²) in [6.45, 7) is 4.36. The van der Waals surface area contributed by atoms with Gasteiger partial charge in [-0.05, 0) is 48.7 Å². The van der Waals surface area contributed by atoms with Crippen molar-refractivity contribution in [1.82, 2.24) is 0 Å². The van der Waals surface area contributed by atoms with Crippen LogP contribution in [-0.2, 0) is 13.0 Å². The largest absolute Gasteiger partial charge is 0.481 e. The van der Waals surface area contributed by atoms with Gasteiger partial charge in [0.15, 0.2) is 5.76 Å². The summed E-state index contributed by atoms with van der Waals surface area (Å²) in [7, 11) is 0. The molecule has 0 aliphatic carbocycles. The van der Waals surface area contributed by atoms with E-state index in [4.69, 9.17) is 13.6 Å². The van der Waals surface area contributed by atoms with E-state index in [2.05, 4.69) is 6.92 Å². The normalized spacial score (nSPS) is 11.0. The lowest BCUT2D eigenvalue weighted by molar-refractivity contribution is 0.296. The van der Waals surface area contributed by atoms with Crippen molar-refractivity contribution >= 4 is 11.0 Å². The molecule has 0 radical (unpaired) electrons. The van der Waals surface area contributed by atoms with Gasteiger partial charge in [0.2, 0.25) is 16.9 Å². The Balaban J connectivity index is 1.82.